The lowest BCUT2D eigenvalue weighted by atomic mass is 10.0. The maximum atomic E-state index is 13.4. The molecule has 11 heteroatoms. The minimum absolute atomic E-state index is 0.0765. The number of amides is 1. The second-order valence-electron chi connectivity index (χ2n) is 6.77. The fraction of sp³-hybridized carbons (Fsp3) is 0.143. The first-order valence-corrected chi connectivity index (χ1v) is 9.47. The van der Waals surface area contributed by atoms with Gasteiger partial charge in [-0.1, -0.05) is 23.7 Å². The number of fused-ring (bicyclic) bond motifs is 1. The van der Waals surface area contributed by atoms with E-state index in [1.165, 1.54) is 24.3 Å². The summed E-state index contributed by atoms with van der Waals surface area (Å²) in [6, 6.07) is 9.74. The van der Waals surface area contributed by atoms with Gasteiger partial charge in [0.15, 0.2) is 11.5 Å². The van der Waals surface area contributed by atoms with Gasteiger partial charge in [0, 0.05) is 17.2 Å². The molecule has 2 heterocycles. The summed E-state index contributed by atoms with van der Waals surface area (Å²) in [5.41, 5.74) is 2.36. The molecule has 32 heavy (non-hydrogen) atoms. The first-order valence-electron chi connectivity index (χ1n) is 9.09. The lowest BCUT2D eigenvalue weighted by molar-refractivity contribution is -0.140. The van der Waals surface area contributed by atoms with Crippen LogP contribution in [-0.4, -0.2) is 17.7 Å². The van der Waals surface area contributed by atoms with Gasteiger partial charge in [0.2, 0.25) is 6.79 Å². The molecule has 0 aliphatic carbocycles. The maximum Gasteiger partial charge on any atom is 0.431 e. The van der Waals surface area contributed by atoms with E-state index in [2.05, 4.69) is 0 Å². The number of benzene rings is 2. The third kappa shape index (κ3) is 4.22. The van der Waals surface area contributed by atoms with Crippen molar-refractivity contribution in [1.82, 2.24) is 4.98 Å². The zero-order chi connectivity index (χ0) is 23.0. The van der Waals surface area contributed by atoms with Crippen molar-refractivity contribution in [3.05, 3.63) is 74.7 Å². The zero-order valence-electron chi connectivity index (χ0n) is 16.1. The summed E-state index contributed by atoms with van der Waals surface area (Å²) in [4.78, 5) is 24.9. The summed E-state index contributed by atoms with van der Waals surface area (Å²) in [6.45, 7) is 0.173. The van der Waals surface area contributed by atoms with E-state index in [4.69, 9.17) is 31.5 Å². The van der Waals surface area contributed by atoms with Crippen molar-refractivity contribution in [3.63, 3.8) is 0 Å². The molecule has 1 amide bonds. The molecule has 3 aromatic rings. The molecule has 3 N–H and O–H groups in total. The van der Waals surface area contributed by atoms with Gasteiger partial charge >= 0.3 is 6.18 Å². The van der Waals surface area contributed by atoms with Gasteiger partial charge in [-0.2, -0.15) is 13.2 Å². The number of ether oxygens (including phenoxy) is 3. The number of halogens is 4. The van der Waals surface area contributed by atoms with Gasteiger partial charge in [-0.05, 0) is 29.8 Å². The van der Waals surface area contributed by atoms with Crippen LogP contribution in [0.2, 0.25) is 5.02 Å². The normalized spacial score (nSPS) is 12.6. The van der Waals surface area contributed by atoms with E-state index in [0.29, 0.717) is 27.8 Å². The highest BCUT2D eigenvalue weighted by atomic mass is 35.5. The summed E-state index contributed by atoms with van der Waals surface area (Å²) in [5, 5.41) is 0.410. The summed E-state index contributed by atoms with van der Waals surface area (Å²) in [6.07, 6.45) is -4.85. The lowest BCUT2D eigenvalue weighted by Crippen LogP contribution is -2.27. The predicted octanol–water partition coefficient (Wildman–Crippen LogP) is 4.12. The Labute approximate surface area is 183 Å². The molecular weight excluding hydrogens is 453 g/mol. The number of H-pyrrole nitrogens is 1. The molecule has 0 fully saturated rings. The zero-order valence-corrected chi connectivity index (χ0v) is 16.8. The van der Waals surface area contributed by atoms with E-state index < -0.39 is 34.5 Å². The highest BCUT2D eigenvalue weighted by molar-refractivity contribution is 6.31. The number of nitrogens with two attached hydrogens (primary N) is 1. The molecule has 1 aromatic heterocycles. The standard InChI is InChI=1S/C21H14ClF3N2O5/c22-15-7-17-16(31-9-32-17)5-11(15)8-30-12-3-1-10(2-4-12)13-6-14(19(26)28)20(29)27-18(13)21(23,24)25/h1-7H,8-9H2,(H2,26,28)(H,27,29). The van der Waals surface area contributed by atoms with Crippen molar-refractivity contribution in [2.45, 2.75) is 12.8 Å². The molecule has 1 aliphatic heterocycles. The van der Waals surface area contributed by atoms with Crippen LogP contribution in [0.3, 0.4) is 0 Å². The van der Waals surface area contributed by atoms with E-state index in [9.17, 15) is 22.8 Å². The minimum atomic E-state index is -4.85. The number of hydrogen-bond donors (Lipinski definition) is 2. The molecule has 7 nitrogen and oxygen atoms in total. The average Bonchev–Trinajstić information content (AvgIpc) is 3.18. The third-order valence-electron chi connectivity index (χ3n) is 4.69. The van der Waals surface area contributed by atoms with Crippen LogP contribution in [0, 0.1) is 0 Å². The number of aromatic amines is 1. The van der Waals surface area contributed by atoms with Crippen LogP contribution in [0.1, 0.15) is 21.6 Å². The Morgan fingerprint density at radius 2 is 1.78 bits per heavy atom. The van der Waals surface area contributed by atoms with Gasteiger partial charge in [-0.15, -0.1) is 0 Å². The van der Waals surface area contributed by atoms with Gasteiger partial charge < -0.3 is 24.9 Å². The van der Waals surface area contributed by atoms with E-state index in [-0.39, 0.29) is 19.0 Å². The summed E-state index contributed by atoms with van der Waals surface area (Å²) in [7, 11) is 0. The molecule has 2 aromatic carbocycles. The van der Waals surface area contributed by atoms with Crippen molar-refractivity contribution < 1.29 is 32.2 Å². The summed E-state index contributed by atoms with van der Waals surface area (Å²) >= 11 is 6.20. The quantitative estimate of drug-likeness (QED) is 0.588. The van der Waals surface area contributed by atoms with Crippen LogP contribution in [0.15, 0.2) is 47.3 Å². The number of aromatic nitrogens is 1. The van der Waals surface area contributed by atoms with Crippen LogP contribution >= 0.6 is 11.6 Å². The maximum absolute atomic E-state index is 13.4. The van der Waals surface area contributed by atoms with Crippen LogP contribution in [0.5, 0.6) is 17.2 Å². The number of alkyl halides is 3. The molecule has 0 radical (unpaired) electrons. The number of rotatable bonds is 5. The third-order valence-corrected chi connectivity index (χ3v) is 5.04. The van der Waals surface area contributed by atoms with Crippen molar-refractivity contribution in [3.8, 4) is 28.4 Å². The second-order valence-corrected chi connectivity index (χ2v) is 7.18. The molecule has 0 saturated carbocycles. The monoisotopic (exact) mass is 466 g/mol. The molecule has 4 rings (SSSR count). The molecule has 0 saturated heterocycles. The fourth-order valence-corrected chi connectivity index (χ4v) is 3.33. The van der Waals surface area contributed by atoms with Gasteiger partial charge in [0.25, 0.3) is 11.5 Å². The predicted molar refractivity (Wildman–Crippen MR) is 108 cm³/mol. The highest BCUT2D eigenvalue weighted by Crippen LogP contribution is 2.38. The molecule has 166 valence electrons. The Kier molecular flexibility index (Phi) is 5.47. The number of primary amides is 1. The van der Waals surface area contributed by atoms with Crippen molar-refractivity contribution in [1.29, 1.82) is 0 Å². The van der Waals surface area contributed by atoms with Gasteiger partial charge in [0.05, 0.1) is 5.02 Å². The Morgan fingerprint density at radius 3 is 2.41 bits per heavy atom. The van der Waals surface area contributed by atoms with Gasteiger partial charge in [0.1, 0.15) is 23.6 Å². The van der Waals surface area contributed by atoms with Crippen LogP contribution < -0.4 is 25.5 Å². The Hall–Kier alpha value is -3.66. The average molecular weight is 467 g/mol. The molecule has 0 spiro atoms. The number of carbonyl (C=O) groups is 1. The largest absolute Gasteiger partial charge is 0.489 e. The summed E-state index contributed by atoms with van der Waals surface area (Å²) < 4.78 is 56.5. The molecular formula is C21H14ClF3N2O5. The minimum Gasteiger partial charge on any atom is -0.489 e. The topological polar surface area (TPSA) is 104 Å². The highest BCUT2D eigenvalue weighted by Gasteiger charge is 2.36. The number of hydrogen-bond acceptors (Lipinski definition) is 5. The molecule has 0 unspecified atom stereocenters. The van der Waals surface area contributed by atoms with E-state index in [0.717, 1.165) is 6.07 Å². The van der Waals surface area contributed by atoms with E-state index in [1.807, 2.05) is 0 Å². The molecule has 0 bridgehead atoms. The first-order chi connectivity index (χ1) is 15.1. The van der Waals surface area contributed by atoms with Crippen molar-refractivity contribution in [2.24, 2.45) is 5.73 Å². The van der Waals surface area contributed by atoms with Crippen LogP contribution in [-0.2, 0) is 12.8 Å². The number of nitrogens with one attached hydrogen (secondary N) is 1. The fourth-order valence-electron chi connectivity index (χ4n) is 3.13. The van der Waals surface area contributed by atoms with Crippen LogP contribution in [0.25, 0.3) is 11.1 Å². The van der Waals surface area contributed by atoms with Crippen LogP contribution in [0.4, 0.5) is 13.2 Å². The van der Waals surface area contributed by atoms with Gasteiger partial charge in [-0.3, -0.25) is 9.59 Å². The first kappa shape index (κ1) is 21.6. The van der Waals surface area contributed by atoms with E-state index in [1.54, 1.807) is 17.1 Å². The molecule has 0 atom stereocenters. The van der Waals surface area contributed by atoms with Crippen molar-refractivity contribution >= 4 is 17.5 Å². The molecule has 1 aliphatic rings. The number of carbonyl (C=O) groups excluding carboxylic acids is 1. The lowest BCUT2D eigenvalue weighted by Gasteiger charge is -2.14. The smallest absolute Gasteiger partial charge is 0.431 e. The summed E-state index contributed by atoms with van der Waals surface area (Å²) in [5.74, 6) is 0.281. The Morgan fingerprint density at radius 1 is 1.12 bits per heavy atom. The second kappa shape index (κ2) is 8.12. The SMILES string of the molecule is NC(=O)c1cc(-c2ccc(OCc3cc4c(cc3Cl)OCO4)cc2)c(C(F)(F)F)[nH]c1=O. The Balaban J connectivity index is 1.60. The van der Waals surface area contributed by atoms with Crippen molar-refractivity contribution in [2.75, 3.05) is 6.79 Å². The van der Waals surface area contributed by atoms with E-state index >= 15 is 0 Å². The number of pyridine rings is 1. The van der Waals surface area contributed by atoms with Gasteiger partial charge in [-0.25, -0.2) is 0 Å². The Bertz CT molecular complexity index is 1260.